The van der Waals surface area contributed by atoms with E-state index in [0.29, 0.717) is 37.5 Å². The van der Waals surface area contributed by atoms with E-state index in [0.717, 1.165) is 5.56 Å². The van der Waals surface area contributed by atoms with Crippen LogP contribution in [0.5, 0.6) is 0 Å². The van der Waals surface area contributed by atoms with Crippen LogP contribution in [0.4, 0.5) is 5.69 Å². The number of nitro groups is 1. The third-order valence-corrected chi connectivity index (χ3v) is 3.82. The van der Waals surface area contributed by atoms with Crippen LogP contribution in [0.15, 0.2) is 18.2 Å². The normalized spacial score (nSPS) is 17.7. The Bertz CT molecular complexity index is 533. The topological polar surface area (TPSA) is 76.2 Å². The molecule has 1 aromatic rings. The van der Waals surface area contributed by atoms with Crippen molar-refractivity contribution in [2.24, 2.45) is 5.41 Å². The molecule has 1 fully saturated rings. The molecule has 1 aliphatic rings. The number of benzene rings is 1. The van der Waals surface area contributed by atoms with Crippen LogP contribution in [-0.2, 0) is 11.2 Å². The van der Waals surface area contributed by atoms with Crippen LogP contribution in [-0.4, -0.2) is 18.1 Å². The van der Waals surface area contributed by atoms with Crippen molar-refractivity contribution in [2.45, 2.75) is 19.3 Å². The third kappa shape index (κ3) is 3.03. The van der Waals surface area contributed by atoms with Gasteiger partial charge in [0.15, 0.2) is 0 Å². The summed E-state index contributed by atoms with van der Waals surface area (Å²) in [6, 6.07) is 6.75. The summed E-state index contributed by atoms with van der Waals surface area (Å²) >= 11 is 6.07. The van der Waals surface area contributed by atoms with Gasteiger partial charge in [0.25, 0.3) is 5.69 Å². The van der Waals surface area contributed by atoms with Crippen molar-refractivity contribution in [1.29, 1.82) is 5.26 Å². The number of rotatable bonds is 3. The molecule has 100 valence electrons. The van der Waals surface area contributed by atoms with Gasteiger partial charge in [-0.3, -0.25) is 10.1 Å². The zero-order chi connectivity index (χ0) is 13.9. The molecule has 5 nitrogen and oxygen atoms in total. The molecule has 0 atom stereocenters. The second-order valence-corrected chi connectivity index (χ2v) is 5.12. The van der Waals surface area contributed by atoms with Crippen molar-refractivity contribution in [3.63, 3.8) is 0 Å². The fourth-order valence-electron chi connectivity index (χ4n) is 2.25. The first-order valence-electron chi connectivity index (χ1n) is 5.98. The second-order valence-electron chi connectivity index (χ2n) is 4.71. The zero-order valence-electron chi connectivity index (χ0n) is 10.3. The van der Waals surface area contributed by atoms with Gasteiger partial charge >= 0.3 is 0 Å². The van der Waals surface area contributed by atoms with Crippen LogP contribution in [0, 0.1) is 26.9 Å². The highest BCUT2D eigenvalue weighted by Gasteiger charge is 2.33. The van der Waals surface area contributed by atoms with Gasteiger partial charge in [0, 0.05) is 25.3 Å². The molecule has 0 unspecified atom stereocenters. The highest BCUT2D eigenvalue weighted by molar-refractivity contribution is 6.31. The summed E-state index contributed by atoms with van der Waals surface area (Å²) in [6.45, 7) is 1.14. The Balaban J connectivity index is 2.23. The van der Waals surface area contributed by atoms with Crippen molar-refractivity contribution in [3.05, 3.63) is 38.9 Å². The molecule has 1 saturated heterocycles. The van der Waals surface area contributed by atoms with Crippen LogP contribution >= 0.6 is 11.6 Å². The number of nitrogens with zero attached hydrogens (tertiary/aromatic N) is 2. The molecule has 1 heterocycles. The lowest BCUT2D eigenvalue weighted by molar-refractivity contribution is -0.384. The van der Waals surface area contributed by atoms with Crippen molar-refractivity contribution in [2.75, 3.05) is 13.2 Å². The van der Waals surface area contributed by atoms with Gasteiger partial charge in [-0.05, 0) is 24.8 Å². The van der Waals surface area contributed by atoms with E-state index >= 15 is 0 Å². The molecule has 2 rings (SSSR count). The number of hydrogen-bond donors (Lipinski definition) is 0. The molecule has 0 spiro atoms. The Morgan fingerprint density at radius 2 is 2.16 bits per heavy atom. The quantitative estimate of drug-likeness (QED) is 0.629. The van der Waals surface area contributed by atoms with Gasteiger partial charge in [-0.25, -0.2) is 0 Å². The molecule has 0 N–H and O–H groups in total. The minimum atomic E-state index is -0.482. The van der Waals surface area contributed by atoms with Gasteiger partial charge in [-0.2, -0.15) is 5.26 Å². The van der Waals surface area contributed by atoms with E-state index in [2.05, 4.69) is 6.07 Å². The first-order valence-corrected chi connectivity index (χ1v) is 6.36. The summed E-state index contributed by atoms with van der Waals surface area (Å²) in [5.41, 5.74) is 0.264. The number of non-ortho nitro benzene ring substituents is 1. The van der Waals surface area contributed by atoms with Crippen molar-refractivity contribution in [3.8, 4) is 6.07 Å². The number of nitro benzene ring substituents is 1. The molecule has 0 aliphatic carbocycles. The summed E-state index contributed by atoms with van der Waals surface area (Å²) in [5.74, 6) is 0. The van der Waals surface area contributed by atoms with E-state index in [1.165, 1.54) is 12.1 Å². The molecule has 0 bridgehead atoms. The zero-order valence-corrected chi connectivity index (χ0v) is 11.0. The van der Waals surface area contributed by atoms with Crippen molar-refractivity contribution >= 4 is 17.3 Å². The fraction of sp³-hybridized carbons (Fsp3) is 0.462. The lowest BCUT2D eigenvalue weighted by Gasteiger charge is -2.30. The maximum atomic E-state index is 10.7. The molecular formula is C13H13ClN2O3. The van der Waals surface area contributed by atoms with Crippen molar-refractivity contribution in [1.82, 2.24) is 0 Å². The van der Waals surface area contributed by atoms with Crippen LogP contribution in [0.3, 0.4) is 0 Å². The highest BCUT2D eigenvalue weighted by Crippen LogP contribution is 2.36. The van der Waals surface area contributed by atoms with E-state index in [-0.39, 0.29) is 5.69 Å². The summed E-state index contributed by atoms with van der Waals surface area (Å²) in [4.78, 5) is 10.2. The monoisotopic (exact) mass is 280 g/mol. The lowest BCUT2D eigenvalue weighted by atomic mass is 9.76. The predicted molar refractivity (Wildman–Crippen MR) is 69.9 cm³/mol. The van der Waals surface area contributed by atoms with E-state index in [1.807, 2.05) is 0 Å². The molecule has 0 amide bonds. The average molecular weight is 281 g/mol. The van der Waals surface area contributed by atoms with Gasteiger partial charge in [-0.15, -0.1) is 0 Å². The van der Waals surface area contributed by atoms with Crippen LogP contribution < -0.4 is 0 Å². The Hall–Kier alpha value is -1.64. The molecule has 0 saturated carbocycles. The number of hydrogen-bond acceptors (Lipinski definition) is 4. The Kier molecular flexibility index (Phi) is 4.03. The lowest BCUT2D eigenvalue weighted by Crippen LogP contribution is -2.30. The SMILES string of the molecule is N#CC1(Cc2ccc([N+](=O)[O-])cc2Cl)CCOCC1. The Morgan fingerprint density at radius 3 is 2.68 bits per heavy atom. The fourth-order valence-corrected chi connectivity index (χ4v) is 2.49. The first kappa shape index (κ1) is 13.8. The number of halogens is 1. The molecule has 0 radical (unpaired) electrons. The smallest absolute Gasteiger partial charge is 0.270 e. The Morgan fingerprint density at radius 1 is 1.47 bits per heavy atom. The minimum Gasteiger partial charge on any atom is -0.381 e. The van der Waals surface area contributed by atoms with Gasteiger partial charge in [0.05, 0.1) is 21.4 Å². The molecule has 1 aliphatic heterocycles. The number of nitriles is 1. The molecule has 6 heteroatoms. The van der Waals surface area contributed by atoms with Gasteiger partial charge in [-0.1, -0.05) is 17.7 Å². The minimum absolute atomic E-state index is 0.0354. The summed E-state index contributed by atoms with van der Waals surface area (Å²) in [5, 5.41) is 20.4. The van der Waals surface area contributed by atoms with Crippen LogP contribution in [0.25, 0.3) is 0 Å². The van der Waals surface area contributed by atoms with Gasteiger partial charge in [0.2, 0.25) is 0 Å². The maximum Gasteiger partial charge on any atom is 0.270 e. The maximum absolute atomic E-state index is 10.7. The summed E-state index contributed by atoms with van der Waals surface area (Å²) < 4.78 is 5.27. The standard InChI is InChI=1S/C13H13ClN2O3/c14-12-7-11(16(17)18)2-1-10(12)8-13(9-15)3-5-19-6-4-13/h1-2,7H,3-6,8H2. The number of ether oxygens (including phenoxy) is 1. The molecular weight excluding hydrogens is 268 g/mol. The Labute approximate surface area is 115 Å². The van der Waals surface area contributed by atoms with Gasteiger partial charge < -0.3 is 4.74 Å². The van der Waals surface area contributed by atoms with Gasteiger partial charge in [0.1, 0.15) is 0 Å². The summed E-state index contributed by atoms with van der Waals surface area (Å²) in [6.07, 6.45) is 1.83. The van der Waals surface area contributed by atoms with E-state index in [1.54, 1.807) is 6.07 Å². The summed E-state index contributed by atoms with van der Waals surface area (Å²) in [7, 11) is 0. The molecule has 1 aromatic carbocycles. The molecule has 0 aromatic heterocycles. The third-order valence-electron chi connectivity index (χ3n) is 3.46. The highest BCUT2D eigenvalue weighted by atomic mass is 35.5. The molecule has 19 heavy (non-hydrogen) atoms. The van der Waals surface area contributed by atoms with Crippen LogP contribution in [0.1, 0.15) is 18.4 Å². The van der Waals surface area contributed by atoms with Crippen molar-refractivity contribution < 1.29 is 9.66 Å². The predicted octanol–water partition coefficient (Wildman–Crippen LogP) is 3.11. The van der Waals surface area contributed by atoms with E-state index < -0.39 is 10.3 Å². The van der Waals surface area contributed by atoms with Crippen LogP contribution in [0.2, 0.25) is 5.02 Å². The average Bonchev–Trinajstić information content (AvgIpc) is 2.42. The van der Waals surface area contributed by atoms with E-state index in [9.17, 15) is 15.4 Å². The second kappa shape index (κ2) is 5.55. The largest absolute Gasteiger partial charge is 0.381 e. The van der Waals surface area contributed by atoms with E-state index in [4.69, 9.17) is 16.3 Å². The first-order chi connectivity index (χ1) is 9.06.